The maximum atomic E-state index is 13.0. The Morgan fingerprint density at radius 3 is 2.69 bits per heavy atom. The second-order valence-corrected chi connectivity index (χ2v) is 2.73. The molecule has 3 N–H and O–H groups in total. The van der Waals surface area contributed by atoms with E-state index < -0.39 is 17.8 Å². The van der Waals surface area contributed by atoms with Crippen molar-refractivity contribution in [3.8, 4) is 0 Å². The SMILES string of the molecule is N[C@@H](CC(=O)O)c1ccccc1F. The summed E-state index contributed by atoms with van der Waals surface area (Å²) in [4.78, 5) is 10.3. The third-order valence-corrected chi connectivity index (χ3v) is 1.70. The fraction of sp³-hybridized carbons (Fsp3) is 0.222. The lowest BCUT2D eigenvalue weighted by molar-refractivity contribution is -0.137. The Morgan fingerprint density at radius 1 is 1.54 bits per heavy atom. The highest BCUT2D eigenvalue weighted by Crippen LogP contribution is 2.16. The van der Waals surface area contributed by atoms with E-state index in [2.05, 4.69) is 0 Å². The van der Waals surface area contributed by atoms with E-state index in [1.807, 2.05) is 0 Å². The monoisotopic (exact) mass is 183 g/mol. The maximum Gasteiger partial charge on any atom is 0.305 e. The van der Waals surface area contributed by atoms with Gasteiger partial charge in [-0.15, -0.1) is 0 Å². The standard InChI is InChI=1S/C9H10FNO2/c10-7-4-2-1-3-6(7)8(11)5-9(12)13/h1-4,8H,5,11H2,(H,12,13)/t8-/m0/s1. The predicted molar refractivity (Wildman–Crippen MR) is 45.6 cm³/mol. The summed E-state index contributed by atoms with van der Waals surface area (Å²) in [5, 5.41) is 8.43. The van der Waals surface area contributed by atoms with Gasteiger partial charge in [0, 0.05) is 11.6 Å². The molecule has 0 unspecified atom stereocenters. The molecule has 0 aliphatic carbocycles. The Balaban J connectivity index is 2.82. The zero-order valence-corrected chi connectivity index (χ0v) is 6.90. The van der Waals surface area contributed by atoms with Crippen molar-refractivity contribution in [3.63, 3.8) is 0 Å². The van der Waals surface area contributed by atoms with E-state index in [4.69, 9.17) is 10.8 Å². The molecule has 0 aliphatic rings. The molecule has 0 heterocycles. The van der Waals surface area contributed by atoms with Gasteiger partial charge >= 0.3 is 5.97 Å². The molecular weight excluding hydrogens is 173 g/mol. The number of carbonyl (C=O) groups is 1. The molecule has 1 rings (SSSR count). The third kappa shape index (κ3) is 2.52. The molecule has 0 amide bonds. The normalized spacial score (nSPS) is 12.5. The smallest absolute Gasteiger partial charge is 0.305 e. The third-order valence-electron chi connectivity index (χ3n) is 1.70. The molecular formula is C9H10FNO2. The van der Waals surface area contributed by atoms with Crippen molar-refractivity contribution >= 4 is 5.97 Å². The number of nitrogens with two attached hydrogens (primary N) is 1. The van der Waals surface area contributed by atoms with Crippen LogP contribution in [0.25, 0.3) is 0 Å². The summed E-state index contributed by atoms with van der Waals surface area (Å²) in [5.41, 5.74) is 5.72. The van der Waals surface area contributed by atoms with Crippen LogP contribution in [0.2, 0.25) is 0 Å². The topological polar surface area (TPSA) is 63.3 Å². The van der Waals surface area contributed by atoms with Crippen LogP contribution in [0.4, 0.5) is 4.39 Å². The zero-order chi connectivity index (χ0) is 9.84. The number of carboxylic acid groups (broad SMARTS) is 1. The lowest BCUT2D eigenvalue weighted by Gasteiger charge is -2.09. The molecule has 0 fully saturated rings. The van der Waals surface area contributed by atoms with Crippen LogP contribution in [0.5, 0.6) is 0 Å². The molecule has 0 saturated heterocycles. The maximum absolute atomic E-state index is 13.0. The van der Waals surface area contributed by atoms with Crippen molar-refractivity contribution in [2.75, 3.05) is 0 Å². The second kappa shape index (κ2) is 4.00. The minimum atomic E-state index is -1.03. The van der Waals surface area contributed by atoms with Gasteiger partial charge in [0.25, 0.3) is 0 Å². The van der Waals surface area contributed by atoms with Gasteiger partial charge in [-0.05, 0) is 6.07 Å². The zero-order valence-electron chi connectivity index (χ0n) is 6.90. The molecule has 3 nitrogen and oxygen atoms in total. The molecule has 70 valence electrons. The Bertz CT molecular complexity index is 314. The van der Waals surface area contributed by atoms with Gasteiger partial charge in [0.15, 0.2) is 0 Å². The molecule has 0 aliphatic heterocycles. The molecule has 0 spiro atoms. The average molecular weight is 183 g/mol. The van der Waals surface area contributed by atoms with Crippen molar-refractivity contribution in [2.24, 2.45) is 5.73 Å². The highest BCUT2D eigenvalue weighted by Gasteiger charge is 2.13. The minimum Gasteiger partial charge on any atom is -0.481 e. The van der Waals surface area contributed by atoms with Crippen LogP contribution in [0.3, 0.4) is 0 Å². The highest BCUT2D eigenvalue weighted by molar-refractivity contribution is 5.67. The van der Waals surface area contributed by atoms with Crippen LogP contribution in [0.1, 0.15) is 18.0 Å². The molecule has 1 aromatic rings. The van der Waals surface area contributed by atoms with Gasteiger partial charge in [0.1, 0.15) is 5.82 Å². The largest absolute Gasteiger partial charge is 0.481 e. The van der Waals surface area contributed by atoms with Crippen molar-refractivity contribution in [1.29, 1.82) is 0 Å². The summed E-state index contributed by atoms with van der Waals surface area (Å²) in [6, 6.07) is 5.13. The molecule has 1 aromatic carbocycles. The van der Waals surface area contributed by atoms with Gasteiger partial charge in [-0.2, -0.15) is 0 Å². The number of hydrogen-bond acceptors (Lipinski definition) is 2. The minimum absolute atomic E-state index is 0.241. The number of aliphatic carboxylic acids is 1. The van der Waals surface area contributed by atoms with E-state index in [9.17, 15) is 9.18 Å². The molecule has 0 bridgehead atoms. The highest BCUT2D eigenvalue weighted by atomic mass is 19.1. The Morgan fingerprint density at radius 2 is 2.15 bits per heavy atom. The molecule has 0 saturated carbocycles. The second-order valence-electron chi connectivity index (χ2n) is 2.73. The van der Waals surface area contributed by atoms with Crippen LogP contribution in [0, 0.1) is 5.82 Å². The van der Waals surface area contributed by atoms with Crippen molar-refractivity contribution in [3.05, 3.63) is 35.6 Å². The summed E-state index contributed by atoms with van der Waals surface area (Å²) < 4.78 is 13.0. The number of hydrogen-bond donors (Lipinski definition) is 2. The van der Waals surface area contributed by atoms with Gasteiger partial charge in [-0.3, -0.25) is 4.79 Å². The van der Waals surface area contributed by atoms with Gasteiger partial charge in [0.2, 0.25) is 0 Å². The van der Waals surface area contributed by atoms with Crippen molar-refractivity contribution in [2.45, 2.75) is 12.5 Å². The van der Waals surface area contributed by atoms with Crippen molar-refractivity contribution < 1.29 is 14.3 Å². The molecule has 1 atom stereocenters. The number of rotatable bonds is 3. The number of carboxylic acids is 1. The van der Waals surface area contributed by atoms with E-state index in [1.165, 1.54) is 18.2 Å². The number of halogens is 1. The lowest BCUT2D eigenvalue weighted by Crippen LogP contribution is -2.16. The van der Waals surface area contributed by atoms with E-state index >= 15 is 0 Å². The molecule has 0 radical (unpaired) electrons. The van der Waals surface area contributed by atoms with Gasteiger partial charge in [-0.1, -0.05) is 18.2 Å². The lowest BCUT2D eigenvalue weighted by atomic mass is 10.0. The molecule has 4 heteroatoms. The summed E-state index contributed by atoms with van der Waals surface area (Å²) in [7, 11) is 0. The van der Waals surface area contributed by atoms with E-state index in [0.29, 0.717) is 0 Å². The Labute approximate surface area is 75.0 Å². The van der Waals surface area contributed by atoms with Crippen LogP contribution >= 0.6 is 0 Å². The van der Waals surface area contributed by atoms with Crippen LogP contribution in [-0.4, -0.2) is 11.1 Å². The fourth-order valence-electron chi connectivity index (χ4n) is 1.07. The summed E-state index contributed by atoms with van der Waals surface area (Å²) in [6.07, 6.45) is -0.263. The van der Waals surface area contributed by atoms with Crippen LogP contribution in [0.15, 0.2) is 24.3 Å². The molecule has 13 heavy (non-hydrogen) atoms. The fourth-order valence-corrected chi connectivity index (χ4v) is 1.07. The summed E-state index contributed by atoms with van der Waals surface area (Å²) >= 11 is 0. The first-order valence-corrected chi connectivity index (χ1v) is 3.83. The van der Waals surface area contributed by atoms with Gasteiger partial charge in [-0.25, -0.2) is 4.39 Å². The first-order valence-electron chi connectivity index (χ1n) is 3.83. The quantitative estimate of drug-likeness (QED) is 0.742. The van der Waals surface area contributed by atoms with Crippen LogP contribution in [-0.2, 0) is 4.79 Å². The van der Waals surface area contributed by atoms with Crippen molar-refractivity contribution in [1.82, 2.24) is 0 Å². The van der Waals surface area contributed by atoms with E-state index in [0.717, 1.165) is 0 Å². The first-order chi connectivity index (χ1) is 6.11. The average Bonchev–Trinajstić information content (AvgIpc) is 2.03. The predicted octanol–water partition coefficient (Wildman–Crippen LogP) is 1.30. The first kappa shape index (κ1) is 9.67. The van der Waals surface area contributed by atoms with Crippen LogP contribution < -0.4 is 5.73 Å². The van der Waals surface area contributed by atoms with E-state index in [-0.39, 0.29) is 12.0 Å². The number of benzene rings is 1. The Hall–Kier alpha value is -1.42. The molecule has 0 aromatic heterocycles. The summed E-state index contributed by atoms with van der Waals surface area (Å²) in [5.74, 6) is -1.49. The van der Waals surface area contributed by atoms with E-state index in [1.54, 1.807) is 6.07 Å². The Kier molecular flexibility index (Phi) is 2.97. The summed E-state index contributed by atoms with van der Waals surface area (Å²) in [6.45, 7) is 0. The van der Waals surface area contributed by atoms with Gasteiger partial charge < -0.3 is 10.8 Å². The van der Waals surface area contributed by atoms with Gasteiger partial charge in [0.05, 0.1) is 6.42 Å².